The van der Waals surface area contributed by atoms with Crippen LogP contribution in [0.4, 0.5) is 0 Å². The Hall–Kier alpha value is -0.580. The van der Waals surface area contributed by atoms with Crippen LogP contribution in [0.2, 0.25) is 5.02 Å². The van der Waals surface area contributed by atoms with E-state index in [2.05, 4.69) is 21.2 Å². The predicted octanol–water partition coefficient (Wildman–Crippen LogP) is 2.28. The molecule has 76 valence electrons. The van der Waals surface area contributed by atoms with Gasteiger partial charge in [-0.05, 0) is 33.6 Å². The molecule has 2 N–H and O–H groups in total. The van der Waals surface area contributed by atoms with Gasteiger partial charge in [0.15, 0.2) is 0 Å². The minimum absolute atomic E-state index is 0.0479. The molecular formula is C9H9BrClNO2. The summed E-state index contributed by atoms with van der Waals surface area (Å²) in [5.74, 6) is -0.867. The Labute approximate surface area is 95.2 Å². The van der Waals surface area contributed by atoms with Crippen molar-refractivity contribution in [3.05, 3.63) is 33.3 Å². The molecule has 0 saturated heterocycles. The van der Waals surface area contributed by atoms with Crippen LogP contribution in [0.5, 0.6) is 0 Å². The molecule has 0 fully saturated rings. The lowest BCUT2D eigenvalue weighted by atomic mass is 10.2. The molecule has 0 aliphatic carbocycles. The summed E-state index contributed by atoms with van der Waals surface area (Å²) in [6, 6.07) is 5.51. The highest BCUT2D eigenvalue weighted by atomic mass is 79.9. The molecule has 0 saturated carbocycles. The Morgan fingerprint density at radius 2 is 2.29 bits per heavy atom. The number of rotatable bonds is 4. The van der Waals surface area contributed by atoms with Gasteiger partial charge >= 0.3 is 5.97 Å². The summed E-state index contributed by atoms with van der Waals surface area (Å²) in [4.78, 5) is 10.2. The smallest absolute Gasteiger partial charge is 0.317 e. The van der Waals surface area contributed by atoms with Gasteiger partial charge in [-0.1, -0.05) is 17.7 Å². The van der Waals surface area contributed by atoms with Gasteiger partial charge in [0.2, 0.25) is 0 Å². The summed E-state index contributed by atoms with van der Waals surface area (Å²) >= 11 is 9.14. The number of carboxylic acids is 1. The standard InChI is InChI=1S/C9H9BrClNO2/c10-7-2-1-6(3-8(7)11)4-12-5-9(13)14/h1-3,12H,4-5H2,(H,13,14). The van der Waals surface area contributed by atoms with E-state index in [1.807, 2.05) is 12.1 Å². The van der Waals surface area contributed by atoms with Crippen molar-refractivity contribution in [3.63, 3.8) is 0 Å². The van der Waals surface area contributed by atoms with Crippen LogP contribution < -0.4 is 5.32 Å². The summed E-state index contributed by atoms with van der Waals surface area (Å²) in [6.07, 6.45) is 0. The zero-order valence-electron chi connectivity index (χ0n) is 7.26. The van der Waals surface area contributed by atoms with Crippen molar-refractivity contribution >= 4 is 33.5 Å². The quantitative estimate of drug-likeness (QED) is 0.888. The zero-order valence-corrected chi connectivity index (χ0v) is 9.60. The molecule has 0 heterocycles. The van der Waals surface area contributed by atoms with Crippen LogP contribution in [-0.4, -0.2) is 17.6 Å². The maximum absolute atomic E-state index is 10.2. The van der Waals surface area contributed by atoms with E-state index in [-0.39, 0.29) is 6.54 Å². The van der Waals surface area contributed by atoms with Crippen LogP contribution in [0.3, 0.4) is 0 Å². The van der Waals surface area contributed by atoms with Gasteiger partial charge in [-0.25, -0.2) is 0 Å². The van der Waals surface area contributed by atoms with E-state index in [0.29, 0.717) is 11.6 Å². The van der Waals surface area contributed by atoms with Crippen molar-refractivity contribution in [2.75, 3.05) is 6.54 Å². The summed E-state index contributed by atoms with van der Waals surface area (Å²) < 4.78 is 0.834. The first-order valence-electron chi connectivity index (χ1n) is 3.96. The van der Waals surface area contributed by atoms with E-state index in [1.165, 1.54) is 0 Å². The normalized spacial score (nSPS) is 10.1. The predicted molar refractivity (Wildman–Crippen MR) is 58.5 cm³/mol. The average Bonchev–Trinajstić information content (AvgIpc) is 2.10. The minimum atomic E-state index is -0.867. The first kappa shape index (κ1) is 11.5. The highest BCUT2D eigenvalue weighted by Crippen LogP contribution is 2.22. The van der Waals surface area contributed by atoms with Crippen LogP contribution in [-0.2, 0) is 11.3 Å². The van der Waals surface area contributed by atoms with E-state index in [9.17, 15) is 4.79 Å². The third-order valence-corrected chi connectivity index (χ3v) is 2.82. The molecule has 0 bridgehead atoms. The Kier molecular flexibility index (Phi) is 4.38. The Bertz CT molecular complexity index is 344. The summed E-state index contributed by atoms with van der Waals surface area (Å²) in [5.41, 5.74) is 0.958. The molecule has 1 aromatic rings. The van der Waals surface area contributed by atoms with Gasteiger partial charge < -0.3 is 10.4 Å². The second-order valence-corrected chi connectivity index (χ2v) is 4.01. The lowest BCUT2D eigenvalue weighted by Gasteiger charge is -2.03. The van der Waals surface area contributed by atoms with Crippen molar-refractivity contribution in [3.8, 4) is 0 Å². The van der Waals surface area contributed by atoms with Crippen molar-refractivity contribution in [2.24, 2.45) is 0 Å². The maximum atomic E-state index is 10.2. The molecule has 3 nitrogen and oxygen atoms in total. The molecule has 0 atom stereocenters. The lowest BCUT2D eigenvalue weighted by Crippen LogP contribution is -2.21. The van der Waals surface area contributed by atoms with Crippen molar-refractivity contribution in [2.45, 2.75) is 6.54 Å². The fraction of sp³-hybridized carbons (Fsp3) is 0.222. The number of halogens is 2. The molecule has 1 aromatic carbocycles. The topological polar surface area (TPSA) is 49.3 Å². The molecule has 0 aliphatic rings. The first-order chi connectivity index (χ1) is 6.59. The van der Waals surface area contributed by atoms with Gasteiger partial charge in [0, 0.05) is 11.0 Å². The van der Waals surface area contributed by atoms with Crippen molar-refractivity contribution in [1.29, 1.82) is 0 Å². The Morgan fingerprint density at radius 3 is 2.86 bits per heavy atom. The van der Waals surface area contributed by atoms with Gasteiger partial charge in [-0.15, -0.1) is 0 Å². The van der Waals surface area contributed by atoms with Crippen LogP contribution >= 0.6 is 27.5 Å². The van der Waals surface area contributed by atoms with E-state index >= 15 is 0 Å². The molecule has 0 spiro atoms. The second-order valence-electron chi connectivity index (χ2n) is 2.75. The summed E-state index contributed by atoms with van der Waals surface area (Å²) in [5, 5.41) is 11.8. The van der Waals surface area contributed by atoms with Crippen LogP contribution in [0.25, 0.3) is 0 Å². The minimum Gasteiger partial charge on any atom is -0.480 e. The molecule has 0 unspecified atom stereocenters. The third kappa shape index (κ3) is 3.65. The highest BCUT2D eigenvalue weighted by molar-refractivity contribution is 9.10. The number of hydrogen-bond donors (Lipinski definition) is 2. The first-order valence-corrected chi connectivity index (χ1v) is 5.13. The number of carboxylic acid groups (broad SMARTS) is 1. The number of benzene rings is 1. The second kappa shape index (κ2) is 5.34. The molecule has 0 radical (unpaired) electrons. The molecule has 0 aromatic heterocycles. The van der Waals surface area contributed by atoms with Crippen LogP contribution in [0.15, 0.2) is 22.7 Å². The third-order valence-electron chi connectivity index (χ3n) is 1.59. The van der Waals surface area contributed by atoms with Crippen molar-refractivity contribution in [1.82, 2.24) is 5.32 Å². The molecule has 0 aliphatic heterocycles. The summed E-state index contributed by atoms with van der Waals surface area (Å²) in [6.45, 7) is 0.451. The van der Waals surface area contributed by atoms with Gasteiger partial charge in [-0.3, -0.25) is 4.79 Å². The molecule has 5 heteroatoms. The fourth-order valence-electron chi connectivity index (χ4n) is 0.963. The van der Waals surface area contributed by atoms with E-state index in [0.717, 1.165) is 10.0 Å². The van der Waals surface area contributed by atoms with E-state index < -0.39 is 5.97 Å². The van der Waals surface area contributed by atoms with Gasteiger partial charge in [-0.2, -0.15) is 0 Å². The number of carbonyl (C=O) groups is 1. The highest BCUT2D eigenvalue weighted by Gasteiger charge is 2.00. The number of hydrogen-bond acceptors (Lipinski definition) is 2. The van der Waals surface area contributed by atoms with Crippen LogP contribution in [0, 0.1) is 0 Å². The molecular weight excluding hydrogens is 269 g/mol. The monoisotopic (exact) mass is 277 g/mol. The number of aliphatic carboxylic acids is 1. The maximum Gasteiger partial charge on any atom is 0.317 e. The van der Waals surface area contributed by atoms with Gasteiger partial charge in [0.25, 0.3) is 0 Å². The van der Waals surface area contributed by atoms with Crippen molar-refractivity contribution < 1.29 is 9.90 Å². The molecule has 0 amide bonds. The Morgan fingerprint density at radius 1 is 1.57 bits per heavy atom. The van der Waals surface area contributed by atoms with E-state index in [4.69, 9.17) is 16.7 Å². The summed E-state index contributed by atoms with van der Waals surface area (Å²) in [7, 11) is 0. The lowest BCUT2D eigenvalue weighted by molar-refractivity contribution is -0.135. The largest absolute Gasteiger partial charge is 0.480 e. The fourth-order valence-corrected chi connectivity index (χ4v) is 1.41. The Balaban J connectivity index is 2.51. The van der Waals surface area contributed by atoms with Gasteiger partial charge in [0.1, 0.15) is 0 Å². The number of nitrogens with one attached hydrogen (secondary N) is 1. The van der Waals surface area contributed by atoms with Crippen LogP contribution in [0.1, 0.15) is 5.56 Å². The van der Waals surface area contributed by atoms with Gasteiger partial charge in [0.05, 0.1) is 11.6 Å². The SMILES string of the molecule is O=C(O)CNCc1ccc(Br)c(Cl)c1. The average molecular weight is 279 g/mol. The van der Waals surface area contributed by atoms with E-state index in [1.54, 1.807) is 6.07 Å². The molecule has 1 rings (SSSR count). The zero-order chi connectivity index (χ0) is 10.6. The molecule has 14 heavy (non-hydrogen) atoms.